The molecular weight excluding hydrogens is 294 g/mol. The van der Waals surface area contributed by atoms with Gasteiger partial charge in [0.15, 0.2) is 5.72 Å². The van der Waals surface area contributed by atoms with E-state index in [9.17, 15) is 20.1 Å². The van der Waals surface area contributed by atoms with E-state index >= 15 is 0 Å². The van der Waals surface area contributed by atoms with Crippen molar-refractivity contribution in [2.45, 2.75) is 23.9 Å². The summed E-state index contributed by atoms with van der Waals surface area (Å²) in [6, 6.07) is 17.4. The molecule has 1 amide bonds. The first-order valence-corrected chi connectivity index (χ1v) is 7.44. The van der Waals surface area contributed by atoms with Crippen LogP contribution in [0.15, 0.2) is 60.7 Å². The third-order valence-electron chi connectivity index (χ3n) is 4.57. The molecule has 1 fully saturated rings. The van der Waals surface area contributed by atoms with Gasteiger partial charge in [0, 0.05) is 7.05 Å². The third kappa shape index (κ3) is 2.34. The van der Waals surface area contributed by atoms with Crippen LogP contribution in [0.2, 0.25) is 0 Å². The fourth-order valence-electron chi connectivity index (χ4n) is 3.28. The molecular formula is C18H19NO4. The largest absolute Gasteiger partial charge is 0.383 e. The molecule has 4 unspecified atom stereocenters. The minimum atomic E-state index is -1.93. The average molecular weight is 313 g/mol. The maximum atomic E-state index is 12.2. The van der Waals surface area contributed by atoms with Crippen molar-refractivity contribution >= 4 is 5.91 Å². The molecule has 5 heteroatoms. The maximum absolute atomic E-state index is 12.2. The number of aliphatic hydroxyl groups excluding tert-OH is 2. The van der Waals surface area contributed by atoms with Gasteiger partial charge in [-0.2, -0.15) is 0 Å². The van der Waals surface area contributed by atoms with Crippen molar-refractivity contribution < 1.29 is 20.1 Å². The van der Waals surface area contributed by atoms with Crippen molar-refractivity contribution in [3.05, 3.63) is 71.8 Å². The standard InChI is InChI=1S/C18H19NO4/c1-19-17(22)15(20)14(12-8-4-2-5-9-12)18(19,23)16(21)13-10-6-3-7-11-13/h2-11,14-16,20-21,23H,1H3. The van der Waals surface area contributed by atoms with Crippen LogP contribution in [0.4, 0.5) is 0 Å². The lowest BCUT2D eigenvalue weighted by Crippen LogP contribution is -2.51. The molecule has 4 atom stereocenters. The highest BCUT2D eigenvalue weighted by atomic mass is 16.4. The Morgan fingerprint density at radius 1 is 1.04 bits per heavy atom. The topological polar surface area (TPSA) is 81.0 Å². The molecule has 1 heterocycles. The molecule has 0 bridgehead atoms. The summed E-state index contributed by atoms with van der Waals surface area (Å²) < 4.78 is 0. The van der Waals surface area contributed by atoms with Gasteiger partial charge >= 0.3 is 0 Å². The van der Waals surface area contributed by atoms with E-state index in [1.54, 1.807) is 54.6 Å². The van der Waals surface area contributed by atoms with Crippen LogP contribution >= 0.6 is 0 Å². The first-order valence-electron chi connectivity index (χ1n) is 7.44. The van der Waals surface area contributed by atoms with E-state index in [0.29, 0.717) is 11.1 Å². The number of likely N-dealkylation sites (tertiary alicyclic amines) is 1. The van der Waals surface area contributed by atoms with Crippen molar-refractivity contribution in [1.82, 2.24) is 4.90 Å². The molecule has 0 spiro atoms. The summed E-state index contributed by atoms with van der Waals surface area (Å²) in [4.78, 5) is 13.3. The molecule has 0 aliphatic carbocycles. The monoisotopic (exact) mass is 313 g/mol. The van der Waals surface area contributed by atoms with Crippen LogP contribution in [-0.4, -0.2) is 45.0 Å². The van der Waals surface area contributed by atoms with Gasteiger partial charge in [-0.15, -0.1) is 0 Å². The number of hydrogen-bond acceptors (Lipinski definition) is 4. The zero-order chi connectivity index (χ0) is 16.6. The number of amides is 1. The predicted molar refractivity (Wildman–Crippen MR) is 84.3 cm³/mol. The first kappa shape index (κ1) is 15.7. The van der Waals surface area contributed by atoms with Gasteiger partial charge in [0.25, 0.3) is 5.91 Å². The highest BCUT2D eigenvalue weighted by Gasteiger charge is 2.60. The van der Waals surface area contributed by atoms with E-state index in [1.165, 1.54) is 7.05 Å². The van der Waals surface area contributed by atoms with E-state index in [1.807, 2.05) is 6.07 Å². The number of benzene rings is 2. The minimum Gasteiger partial charge on any atom is -0.383 e. The predicted octanol–water partition coefficient (Wildman–Crippen LogP) is 1.03. The molecule has 3 rings (SSSR count). The molecule has 0 aromatic heterocycles. The van der Waals surface area contributed by atoms with Gasteiger partial charge in [-0.25, -0.2) is 0 Å². The number of carbonyl (C=O) groups excluding carboxylic acids is 1. The average Bonchev–Trinajstić information content (AvgIpc) is 2.77. The Morgan fingerprint density at radius 2 is 1.57 bits per heavy atom. The van der Waals surface area contributed by atoms with E-state index < -0.39 is 29.8 Å². The van der Waals surface area contributed by atoms with E-state index in [2.05, 4.69) is 0 Å². The lowest BCUT2D eigenvalue weighted by molar-refractivity contribution is -0.174. The van der Waals surface area contributed by atoms with Crippen molar-refractivity contribution in [3.8, 4) is 0 Å². The Bertz CT molecular complexity index is 691. The second-order valence-corrected chi connectivity index (χ2v) is 5.83. The number of hydrogen-bond donors (Lipinski definition) is 3. The van der Waals surface area contributed by atoms with Gasteiger partial charge in [0.05, 0.1) is 5.92 Å². The van der Waals surface area contributed by atoms with Gasteiger partial charge in [-0.1, -0.05) is 60.7 Å². The quantitative estimate of drug-likeness (QED) is 0.790. The molecule has 1 aliphatic heterocycles. The zero-order valence-corrected chi connectivity index (χ0v) is 12.7. The smallest absolute Gasteiger partial charge is 0.254 e. The Balaban J connectivity index is 2.11. The lowest BCUT2D eigenvalue weighted by Gasteiger charge is -2.39. The van der Waals surface area contributed by atoms with Crippen LogP contribution in [0, 0.1) is 0 Å². The second-order valence-electron chi connectivity index (χ2n) is 5.83. The summed E-state index contributed by atoms with van der Waals surface area (Å²) >= 11 is 0. The van der Waals surface area contributed by atoms with Crippen LogP contribution in [0.5, 0.6) is 0 Å². The third-order valence-corrected chi connectivity index (χ3v) is 4.57. The van der Waals surface area contributed by atoms with Crippen LogP contribution in [0.1, 0.15) is 23.1 Å². The minimum absolute atomic E-state index is 0.477. The fourth-order valence-corrected chi connectivity index (χ4v) is 3.28. The summed E-state index contributed by atoms with van der Waals surface area (Å²) in [6.07, 6.45) is -2.76. The first-order chi connectivity index (χ1) is 11.0. The molecule has 3 N–H and O–H groups in total. The summed E-state index contributed by atoms with van der Waals surface area (Å²) in [5.74, 6) is -1.56. The summed E-state index contributed by atoms with van der Waals surface area (Å²) in [5.41, 5.74) is -0.862. The fraction of sp³-hybridized carbons (Fsp3) is 0.278. The van der Waals surface area contributed by atoms with Gasteiger partial charge in [0.1, 0.15) is 12.2 Å². The highest BCUT2D eigenvalue weighted by molar-refractivity contribution is 5.86. The molecule has 1 saturated heterocycles. The molecule has 0 saturated carbocycles. The molecule has 120 valence electrons. The van der Waals surface area contributed by atoms with Crippen LogP contribution in [-0.2, 0) is 4.79 Å². The van der Waals surface area contributed by atoms with Gasteiger partial charge in [-0.05, 0) is 11.1 Å². The summed E-state index contributed by atoms with van der Waals surface area (Å²) in [5, 5.41) is 32.3. The maximum Gasteiger partial charge on any atom is 0.254 e. The van der Waals surface area contributed by atoms with Gasteiger partial charge < -0.3 is 20.2 Å². The summed E-state index contributed by atoms with van der Waals surface area (Å²) in [6.45, 7) is 0. The van der Waals surface area contributed by atoms with Crippen molar-refractivity contribution in [2.24, 2.45) is 0 Å². The SMILES string of the molecule is CN1C(=O)C(O)C(c2ccccc2)C1(O)C(O)c1ccccc1. The number of aliphatic hydroxyl groups is 3. The molecule has 2 aromatic rings. The van der Waals surface area contributed by atoms with Crippen molar-refractivity contribution in [3.63, 3.8) is 0 Å². The summed E-state index contributed by atoms with van der Waals surface area (Å²) in [7, 11) is 1.39. The number of carbonyl (C=O) groups is 1. The Hall–Kier alpha value is -2.21. The van der Waals surface area contributed by atoms with Crippen LogP contribution < -0.4 is 0 Å². The Morgan fingerprint density at radius 3 is 2.13 bits per heavy atom. The molecule has 2 aromatic carbocycles. The second kappa shape index (κ2) is 5.77. The Labute approximate surface area is 134 Å². The number of nitrogens with zero attached hydrogens (tertiary/aromatic N) is 1. The van der Waals surface area contributed by atoms with Crippen LogP contribution in [0.25, 0.3) is 0 Å². The lowest BCUT2D eigenvalue weighted by atomic mass is 9.81. The van der Waals surface area contributed by atoms with Gasteiger partial charge in [0.2, 0.25) is 0 Å². The molecule has 1 aliphatic rings. The number of likely N-dealkylation sites (N-methyl/N-ethyl adjacent to an activating group) is 1. The zero-order valence-electron chi connectivity index (χ0n) is 12.7. The number of rotatable bonds is 3. The van der Waals surface area contributed by atoms with Gasteiger partial charge in [-0.3, -0.25) is 4.79 Å². The molecule has 0 radical (unpaired) electrons. The van der Waals surface area contributed by atoms with Crippen LogP contribution in [0.3, 0.4) is 0 Å². The Kier molecular flexibility index (Phi) is 3.93. The van der Waals surface area contributed by atoms with E-state index in [4.69, 9.17) is 0 Å². The van der Waals surface area contributed by atoms with E-state index in [0.717, 1.165) is 4.90 Å². The normalized spacial score (nSPS) is 28.9. The highest BCUT2D eigenvalue weighted by Crippen LogP contribution is 2.47. The molecule has 5 nitrogen and oxygen atoms in total. The van der Waals surface area contributed by atoms with Crippen molar-refractivity contribution in [2.75, 3.05) is 7.05 Å². The van der Waals surface area contributed by atoms with E-state index in [-0.39, 0.29) is 0 Å². The van der Waals surface area contributed by atoms with Crippen molar-refractivity contribution in [1.29, 1.82) is 0 Å². The molecule has 23 heavy (non-hydrogen) atoms.